The lowest BCUT2D eigenvalue weighted by Gasteiger charge is -2.23. The zero-order chi connectivity index (χ0) is 24.9. The van der Waals surface area contributed by atoms with Gasteiger partial charge in [0.1, 0.15) is 12.6 Å². The van der Waals surface area contributed by atoms with Crippen LogP contribution in [0.3, 0.4) is 0 Å². The molecule has 36 heavy (non-hydrogen) atoms. The Bertz CT molecular complexity index is 1260. The van der Waals surface area contributed by atoms with Gasteiger partial charge in [0, 0.05) is 23.8 Å². The molecule has 3 aromatic rings. The average molecular weight is 484 g/mol. The van der Waals surface area contributed by atoms with Crippen molar-refractivity contribution in [1.29, 1.82) is 0 Å². The second-order valence-corrected chi connectivity index (χ2v) is 9.29. The molecule has 2 aliphatic rings. The molecule has 2 N–H and O–H groups in total. The SMILES string of the molecule is O=C(NC1CC1)c1cccc(-c2cccc(NC(=O)[C@@H]3CCCN3C(=O)OCc3ccccc3)c2)c1. The van der Waals surface area contributed by atoms with Crippen LogP contribution in [-0.4, -0.2) is 41.4 Å². The van der Waals surface area contributed by atoms with Crippen molar-refractivity contribution in [3.8, 4) is 11.1 Å². The number of hydrogen-bond donors (Lipinski definition) is 2. The maximum absolute atomic E-state index is 13.1. The Kier molecular flexibility index (Phi) is 6.98. The average Bonchev–Trinajstić information content (AvgIpc) is 3.58. The first-order valence-electron chi connectivity index (χ1n) is 12.4. The monoisotopic (exact) mass is 483 g/mol. The van der Waals surface area contributed by atoms with Gasteiger partial charge in [-0.15, -0.1) is 0 Å². The zero-order valence-corrected chi connectivity index (χ0v) is 20.0. The van der Waals surface area contributed by atoms with Crippen LogP contribution in [0, 0.1) is 0 Å². The maximum Gasteiger partial charge on any atom is 0.410 e. The Morgan fingerprint density at radius 1 is 0.861 bits per heavy atom. The van der Waals surface area contributed by atoms with E-state index in [-0.39, 0.29) is 18.4 Å². The molecule has 0 radical (unpaired) electrons. The van der Waals surface area contributed by atoms with E-state index in [1.807, 2.05) is 72.8 Å². The molecule has 2 fully saturated rings. The van der Waals surface area contributed by atoms with Crippen LogP contribution in [0.5, 0.6) is 0 Å². The van der Waals surface area contributed by atoms with Crippen molar-refractivity contribution in [2.75, 3.05) is 11.9 Å². The fourth-order valence-corrected chi connectivity index (χ4v) is 4.40. The van der Waals surface area contributed by atoms with Crippen molar-refractivity contribution < 1.29 is 19.1 Å². The number of nitrogens with one attached hydrogen (secondary N) is 2. The summed E-state index contributed by atoms with van der Waals surface area (Å²) >= 11 is 0. The number of likely N-dealkylation sites (tertiary alicyclic amines) is 1. The molecule has 3 amide bonds. The first-order chi connectivity index (χ1) is 17.6. The molecular weight excluding hydrogens is 454 g/mol. The molecule has 7 heteroatoms. The van der Waals surface area contributed by atoms with Crippen LogP contribution in [0.25, 0.3) is 11.1 Å². The predicted molar refractivity (Wildman–Crippen MR) is 137 cm³/mol. The lowest BCUT2D eigenvalue weighted by atomic mass is 10.0. The van der Waals surface area contributed by atoms with E-state index in [1.165, 1.54) is 4.90 Å². The Morgan fingerprint density at radius 2 is 1.61 bits per heavy atom. The molecule has 0 aromatic heterocycles. The number of benzene rings is 3. The summed E-state index contributed by atoms with van der Waals surface area (Å²) in [6.45, 7) is 0.658. The van der Waals surface area contributed by atoms with Crippen LogP contribution in [0.2, 0.25) is 0 Å². The lowest BCUT2D eigenvalue weighted by molar-refractivity contribution is -0.120. The molecule has 1 aliphatic heterocycles. The lowest BCUT2D eigenvalue weighted by Crippen LogP contribution is -2.43. The van der Waals surface area contributed by atoms with Gasteiger partial charge >= 0.3 is 6.09 Å². The van der Waals surface area contributed by atoms with Gasteiger partial charge in [0.25, 0.3) is 5.91 Å². The highest BCUT2D eigenvalue weighted by molar-refractivity contribution is 5.98. The van der Waals surface area contributed by atoms with Gasteiger partial charge in [-0.2, -0.15) is 0 Å². The summed E-state index contributed by atoms with van der Waals surface area (Å²) in [4.78, 5) is 39.7. The first kappa shape index (κ1) is 23.6. The molecule has 184 valence electrons. The largest absolute Gasteiger partial charge is 0.445 e. The standard InChI is InChI=1S/C29H29N3O4/c33-27(30-24-14-15-24)23-11-4-9-21(17-23)22-10-5-12-25(18-22)31-28(34)26-13-6-16-32(26)29(35)36-19-20-7-2-1-3-8-20/h1-5,7-12,17-18,24,26H,6,13-16,19H2,(H,30,33)(H,31,34)/t26-/m0/s1. The quantitative estimate of drug-likeness (QED) is 0.496. The Morgan fingerprint density at radius 3 is 2.39 bits per heavy atom. The number of ether oxygens (including phenoxy) is 1. The molecule has 1 saturated carbocycles. The van der Waals surface area contributed by atoms with E-state index in [0.717, 1.165) is 36.0 Å². The second kappa shape index (κ2) is 10.6. The minimum absolute atomic E-state index is 0.0655. The van der Waals surface area contributed by atoms with Crippen molar-refractivity contribution in [3.63, 3.8) is 0 Å². The summed E-state index contributed by atoms with van der Waals surface area (Å²) in [6.07, 6.45) is 2.93. The summed E-state index contributed by atoms with van der Waals surface area (Å²) in [6, 6.07) is 24.2. The highest BCUT2D eigenvalue weighted by Crippen LogP contribution is 2.26. The van der Waals surface area contributed by atoms with Crippen LogP contribution in [0.4, 0.5) is 10.5 Å². The number of anilines is 1. The van der Waals surface area contributed by atoms with E-state index in [9.17, 15) is 14.4 Å². The number of carbonyl (C=O) groups is 3. The second-order valence-electron chi connectivity index (χ2n) is 9.29. The van der Waals surface area contributed by atoms with Gasteiger partial charge in [-0.05, 0) is 66.6 Å². The van der Waals surface area contributed by atoms with Crippen molar-refractivity contribution in [2.45, 2.75) is 44.4 Å². The van der Waals surface area contributed by atoms with Gasteiger partial charge in [0.05, 0.1) is 0 Å². The van der Waals surface area contributed by atoms with Crippen LogP contribution in [0.1, 0.15) is 41.6 Å². The van der Waals surface area contributed by atoms with Crippen LogP contribution >= 0.6 is 0 Å². The van der Waals surface area contributed by atoms with E-state index in [0.29, 0.717) is 30.3 Å². The number of amides is 3. The molecule has 7 nitrogen and oxygen atoms in total. The highest BCUT2D eigenvalue weighted by atomic mass is 16.6. The summed E-state index contributed by atoms with van der Waals surface area (Å²) in [5.74, 6) is -0.303. The van der Waals surface area contributed by atoms with Gasteiger partial charge in [0.2, 0.25) is 5.91 Å². The highest BCUT2D eigenvalue weighted by Gasteiger charge is 2.35. The summed E-state index contributed by atoms with van der Waals surface area (Å²) < 4.78 is 5.45. The van der Waals surface area contributed by atoms with Crippen molar-refractivity contribution >= 4 is 23.6 Å². The third-order valence-electron chi connectivity index (χ3n) is 6.50. The predicted octanol–water partition coefficient (Wildman–Crippen LogP) is 4.99. The number of rotatable bonds is 7. The molecule has 0 unspecified atom stereocenters. The topological polar surface area (TPSA) is 87.7 Å². The van der Waals surface area contributed by atoms with Gasteiger partial charge in [0.15, 0.2) is 0 Å². The first-order valence-corrected chi connectivity index (χ1v) is 12.4. The number of nitrogens with zero attached hydrogens (tertiary/aromatic N) is 1. The van der Waals surface area contributed by atoms with E-state index < -0.39 is 12.1 Å². The molecule has 1 heterocycles. The minimum atomic E-state index is -0.577. The summed E-state index contributed by atoms with van der Waals surface area (Å²) in [7, 11) is 0. The molecular formula is C29H29N3O4. The summed E-state index contributed by atoms with van der Waals surface area (Å²) in [5, 5.41) is 5.97. The molecule has 5 rings (SSSR count). The summed E-state index contributed by atoms with van der Waals surface area (Å²) in [5.41, 5.74) is 3.93. The molecule has 1 saturated heterocycles. The van der Waals surface area contributed by atoms with Gasteiger partial charge in [-0.1, -0.05) is 54.6 Å². The molecule has 1 aliphatic carbocycles. The minimum Gasteiger partial charge on any atom is -0.445 e. The maximum atomic E-state index is 13.1. The number of hydrogen-bond acceptors (Lipinski definition) is 4. The smallest absolute Gasteiger partial charge is 0.410 e. The van der Waals surface area contributed by atoms with E-state index in [2.05, 4.69) is 10.6 Å². The Labute approximate surface area is 210 Å². The molecule has 3 aromatic carbocycles. The fourth-order valence-electron chi connectivity index (χ4n) is 4.40. The molecule has 0 spiro atoms. The Balaban J connectivity index is 1.23. The van der Waals surface area contributed by atoms with E-state index in [1.54, 1.807) is 6.07 Å². The normalized spacial score (nSPS) is 16.9. The van der Waals surface area contributed by atoms with Crippen molar-refractivity contribution in [1.82, 2.24) is 10.2 Å². The van der Waals surface area contributed by atoms with Crippen molar-refractivity contribution in [2.24, 2.45) is 0 Å². The third-order valence-corrected chi connectivity index (χ3v) is 6.50. The van der Waals surface area contributed by atoms with Crippen LogP contribution < -0.4 is 10.6 Å². The third kappa shape index (κ3) is 5.74. The van der Waals surface area contributed by atoms with Gasteiger partial charge in [-0.3, -0.25) is 14.5 Å². The van der Waals surface area contributed by atoms with E-state index >= 15 is 0 Å². The van der Waals surface area contributed by atoms with Crippen LogP contribution in [-0.2, 0) is 16.1 Å². The van der Waals surface area contributed by atoms with Gasteiger partial charge in [-0.25, -0.2) is 4.79 Å². The van der Waals surface area contributed by atoms with Crippen molar-refractivity contribution in [3.05, 3.63) is 90.0 Å². The Hall–Kier alpha value is -4.13. The molecule has 0 bridgehead atoms. The van der Waals surface area contributed by atoms with Crippen LogP contribution in [0.15, 0.2) is 78.9 Å². The zero-order valence-electron chi connectivity index (χ0n) is 20.0. The fraction of sp³-hybridized carbons (Fsp3) is 0.276. The molecule has 1 atom stereocenters. The van der Waals surface area contributed by atoms with E-state index in [4.69, 9.17) is 4.74 Å². The van der Waals surface area contributed by atoms with Gasteiger partial charge < -0.3 is 15.4 Å². The number of carbonyl (C=O) groups excluding carboxylic acids is 3.